The molecule has 0 bridgehead atoms. The van der Waals surface area contributed by atoms with Gasteiger partial charge < -0.3 is 4.90 Å². The largest absolute Gasteiger partial charge is 0.303 e. The zero-order chi connectivity index (χ0) is 12.4. The van der Waals surface area contributed by atoms with E-state index in [2.05, 4.69) is 39.6 Å². The molecule has 16 heavy (non-hydrogen) atoms. The Bertz CT molecular complexity index is 144. The van der Waals surface area contributed by atoms with Crippen LogP contribution in [-0.4, -0.2) is 24.5 Å². The highest BCUT2D eigenvalue weighted by atomic mass is 15.1. The highest BCUT2D eigenvalue weighted by Gasteiger charge is 2.13. The summed E-state index contributed by atoms with van der Waals surface area (Å²) in [7, 11) is 2.31. The molecule has 0 aromatic heterocycles. The van der Waals surface area contributed by atoms with Crippen molar-refractivity contribution in [3.63, 3.8) is 0 Å². The van der Waals surface area contributed by atoms with Crippen LogP contribution in [0.3, 0.4) is 0 Å². The van der Waals surface area contributed by atoms with E-state index in [-0.39, 0.29) is 0 Å². The quantitative estimate of drug-likeness (QED) is 0.488. The summed E-state index contributed by atoms with van der Waals surface area (Å²) < 4.78 is 0. The van der Waals surface area contributed by atoms with Crippen molar-refractivity contribution in [3.05, 3.63) is 0 Å². The zero-order valence-corrected chi connectivity index (χ0v) is 12.3. The van der Waals surface area contributed by atoms with Crippen molar-refractivity contribution in [3.8, 4) is 0 Å². The molecule has 0 aliphatic carbocycles. The molecule has 98 valence electrons. The fourth-order valence-corrected chi connectivity index (χ4v) is 2.31. The van der Waals surface area contributed by atoms with Gasteiger partial charge in [0.05, 0.1) is 0 Å². The molecule has 0 aliphatic heterocycles. The van der Waals surface area contributed by atoms with Crippen molar-refractivity contribution in [2.45, 2.75) is 78.7 Å². The first-order valence-corrected chi connectivity index (χ1v) is 7.35. The Kier molecular flexibility index (Phi) is 10.1. The van der Waals surface area contributed by atoms with Gasteiger partial charge in [-0.2, -0.15) is 0 Å². The van der Waals surface area contributed by atoms with Crippen molar-refractivity contribution < 1.29 is 0 Å². The van der Waals surface area contributed by atoms with Crippen LogP contribution in [0.1, 0.15) is 72.6 Å². The van der Waals surface area contributed by atoms with E-state index in [0.717, 1.165) is 12.0 Å². The third-order valence-corrected chi connectivity index (χ3v) is 3.78. The molecule has 0 aromatic carbocycles. The maximum Gasteiger partial charge on any atom is 0.00897 e. The molecule has 0 rings (SSSR count). The summed E-state index contributed by atoms with van der Waals surface area (Å²) in [5.41, 5.74) is 0. The molecule has 0 radical (unpaired) electrons. The summed E-state index contributed by atoms with van der Waals surface area (Å²) >= 11 is 0. The van der Waals surface area contributed by atoms with Gasteiger partial charge in [0.25, 0.3) is 0 Å². The molecule has 0 aromatic rings. The Labute approximate surface area is 104 Å². The maximum absolute atomic E-state index is 2.58. The van der Waals surface area contributed by atoms with Gasteiger partial charge in [-0.25, -0.2) is 0 Å². The number of hydrogen-bond donors (Lipinski definition) is 0. The van der Waals surface area contributed by atoms with E-state index in [0.29, 0.717) is 0 Å². The molecule has 0 heterocycles. The van der Waals surface area contributed by atoms with E-state index < -0.39 is 0 Å². The lowest BCUT2D eigenvalue weighted by atomic mass is 10.0. The SMILES string of the molecule is CCCCCCC(CC)N(C)CC(C)CC. The predicted octanol–water partition coefficient (Wildman–Crippen LogP) is 4.71. The fourth-order valence-electron chi connectivity index (χ4n) is 2.31. The summed E-state index contributed by atoms with van der Waals surface area (Å²) in [5.74, 6) is 0.842. The lowest BCUT2D eigenvalue weighted by Crippen LogP contribution is -2.34. The number of nitrogens with zero attached hydrogens (tertiary/aromatic N) is 1. The van der Waals surface area contributed by atoms with E-state index in [1.165, 1.54) is 51.5 Å². The molecule has 0 saturated heterocycles. The van der Waals surface area contributed by atoms with Crippen LogP contribution in [0.2, 0.25) is 0 Å². The Balaban J connectivity index is 3.78. The minimum Gasteiger partial charge on any atom is -0.303 e. The van der Waals surface area contributed by atoms with Gasteiger partial charge in [0.15, 0.2) is 0 Å². The number of hydrogen-bond acceptors (Lipinski definition) is 1. The highest BCUT2D eigenvalue weighted by molar-refractivity contribution is 4.69. The lowest BCUT2D eigenvalue weighted by Gasteiger charge is -2.29. The van der Waals surface area contributed by atoms with Gasteiger partial charge in [-0.3, -0.25) is 0 Å². The van der Waals surface area contributed by atoms with Gasteiger partial charge >= 0.3 is 0 Å². The van der Waals surface area contributed by atoms with Crippen molar-refractivity contribution >= 4 is 0 Å². The summed E-state index contributed by atoms with van der Waals surface area (Å²) in [6.45, 7) is 10.5. The first-order chi connectivity index (χ1) is 7.65. The maximum atomic E-state index is 2.58. The van der Waals surface area contributed by atoms with Crippen molar-refractivity contribution in [2.75, 3.05) is 13.6 Å². The molecule has 0 spiro atoms. The van der Waals surface area contributed by atoms with Crippen LogP contribution in [-0.2, 0) is 0 Å². The van der Waals surface area contributed by atoms with E-state index in [1.807, 2.05) is 0 Å². The minimum atomic E-state index is 0.811. The second kappa shape index (κ2) is 10.1. The van der Waals surface area contributed by atoms with Crippen molar-refractivity contribution in [2.24, 2.45) is 5.92 Å². The van der Waals surface area contributed by atoms with Crippen LogP contribution in [0.5, 0.6) is 0 Å². The van der Waals surface area contributed by atoms with Crippen molar-refractivity contribution in [1.29, 1.82) is 0 Å². The summed E-state index contributed by atoms with van der Waals surface area (Å²) in [5, 5.41) is 0. The fraction of sp³-hybridized carbons (Fsp3) is 1.00. The van der Waals surface area contributed by atoms with Gasteiger partial charge in [0.1, 0.15) is 0 Å². The Morgan fingerprint density at radius 1 is 0.938 bits per heavy atom. The molecule has 2 unspecified atom stereocenters. The number of rotatable bonds is 10. The van der Waals surface area contributed by atoms with Crippen LogP contribution in [0.25, 0.3) is 0 Å². The zero-order valence-electron chi connectivity index (χ0n) is 12.3. The Morgan fingerprint density at radius 3 is 2.12 bits per heavy atom. The van der Waals surface area contributed by atoms with Crippen molar-refractivity contribution in [1.82, 2.24) is 4.90 Å². The lowest BCUT2D eigenvalue weighted by molar-refractivity contribution is 0.191. The molecule has 1 nitrogen and oxygen atoms in total. The second-order valence-electron chi connectivity index (χ2n) is 5.36. The molecular formula is C15H33N. The number of unbranched alkanes of at least 4 members (excludes halogenated alkanes) is 3. The third kappa shape index (κ3) is 7.27. The minimum absolute atomic E-state index is 0.811. The van der Waals surface area contributed by atoms with Crippen LogP contribution >= 0.6 is 0 Å². The first kappa shape index (κ1) is 16.0. The molecule has 0 fully saturated rings. The average molecular weight is 227 g/mol. The summed E-state index contributed by atoms with van der Waals surface area (Å²) in [6.07, 6.45) is 9.59. The first-order valence-electron chi connectivity index (χ1n) is 7.35. The van der Waals surface area contributed by atoms with E-state index in [9.17, 15) is 0 Å². The smallest absolute Gasteiger partial charge is 0.00897 e. The van der Waals surface area contributed by atoms with Gasteiger partial charge in [-0.15, -0.1) is 0 Å². The molecule has 2 atom stereocenters. The Hall–Kier alpha value is -0.0400. The van der Waals surface area contributed by atoms with E-state index in [1.54, 1.807) is 0 Å². The normalized spacial score (nSPS) is 15.4. The van der Waals surface area contributed by atoms with Gasteiger partial charge in [-0.1, -0.05) is 59.8 Å². The van der Waals surface area contributed by atoms with Gasteiger partial charge in [0, 0.05) is 12.6 Å². The monoisotopic (exact) mass is 227 g/mol. The highest BCUT2D eigenvalue weighted by Crippen LogP contribution is 2.15. The topological polar surface area (TPSA) is 3.24 Å². The molecular weight excluding hydrogens is 194 g/mol. The molecule has 1 heteroatoms. The summed E-state index contributed by atoms with van der Waals surface area (Å²) in [4.78, 5) is 2.58. The van der Waals surface area contributed by atoms with Gasteiger partial charge in [-0.05, 0) is 25.8 Å². The van der Waals surface area contributed by atoms with E-state index >= 15 is 0 Å². The second-order valence-corrected chi connectivity index (χ2v) is 5.36. The predicted molar refractivity (Wildman–Crippen MR) is 74.9 cm³/mol. The summed E-state index contributed by atoms with van der Waals surface area (Å²) in [6, 6.07) is 0.811. The standard InChI is InChI=1S/C15H33N/c1-6-9-10-11-12-15(8-3)16(5)13-14(4)7-2/h14-15H,6-13H2,1-5H3. The molecule has 0 N–H and O–H groups in total. The van der Waals surface area contributed by atoms with E-state index in [4.69, 9.17) is 0 Å². The third-order valence-electron chi connectivity index (χ3n) is 3.78. The van der Waals surface area contributed by atoms with Gasteiger partial charge in [0.2, 0.25) is 0 Å². The molecule has 0 amide bonds. The van der Waals surface area contributed by atoms with Crippen LogP contribution in [0, 0.1) is 5.92 Å². The Morgan fingerprint density at radius 2 is 1.62 bits per heavy atom. The van der Waals surface area contributed by atoms with Crippen LogP contribution in [0.15, 0.2) is 0 Å². The van der Waals surface area contributed by atoms with Crippen LogP contribution < -0.4 is 0 Å². The average Bonchev–Trinajstić information content (AvgIpc) is 2.28. The molecule has 0 aliphatic rings. The van der Waals surface area contributed by atoms with Crippen LogP contribution in [0.4, 0.5) is 0 Å². The molecule has 0 saturated carbocycles.